The molecule has 1 aromatic carbocycles. The molecule has 0 saturated carbocycles. The minimum atomic E-state index is -0.634. The zero-order chi connectivity index (χ0) is 18.4. The number of nitrogens with zero attached hydrogens (tertiary/aromatic N) is 5. The van der Waals surface area contributed by atoms with E-state index in [4.69, 9.17) is 17.0 Å². The summed E-state index contributed by atoms with van der Waals surface area (Å²) in [6.07, 6.45) is 0.814. The van der Waals surface area contributed by atoms with Crippen LogP contribution in [0, 0.1) is 10.1 Å². The number of carbonyl (C=O) groups is 1. The van der Waals surface area contributed by atoms with Crippen molar-refractivity contribution >= 4 is 34.9 Å². The lowest BCUT2D eigenvalue weighted by Crippen LogP contribution is -2.35. The van der Waals surface area contributed by atoms with Crippen molar-refractivity contribution in [3.05, 3.63) is 33.9 Å². The van der Waals surface area contributed by atoms with Gasteiger partial charge in [-0.2, -0.15) is 0 Å². The highest BCUT2D eigenvalue weighted by Crippen LogP contribution is 2.27. The third-order valence-electron chi connectivity index (χ3n) is 3.06. The Morgan fingerprint density at radius 1 is 1.48 bits per heavy atom. The number of nitrogens with one attached hydrogen (secondary N) is 2. The molecule has 0 unspecified atom stereocenters. The molecule has 0 aliphatic rings. The first-order valence-corrected chi connectivity index (χ1v) is 7.58. The molecule has 132 valence electrons. The van der Waals surface area contributed by atoms with Crippen molar-refractivity contribution in [2.24, 2.45) is 0 Å². The molecule has 0 radical (unpaired) electrons. The number of nitro groups is 1. The molecule has 0 bridgehead atoms. The van der Waals surface area contributed by atoms with Crippen LogP contribution < -0.4 is 15.4 Å². The number of hydrogen-bond donors (Lipinski definition) is 2. The third-order valence-corrected chi connectivity index (χ3v) is 3.26. The van der Waals surface area contributed by atoms with Gasteiger partial charge in [-0.1, -0.05) is 12.0 Å². The molecule has 0 aliphatic carbocycles. The van der Waals surface area contributed by atoms with E-state index in [1.165, 1.54) is 23.9 Å². The lowest BCUT2D eigenvalue weighted by Gasteiger charge is -2.09. The van der Waals surface area contributed by atoms with Gasteiger partial charge in [-0.15, -0.1) is 0 Å². The first-order chi connectivity index (χ1) is 12.0. The maximum Gasteiger partial charge on any atom is 0.311 e. The van der Waals surface area contributed by atoms with Gasteiger partial charge >= 0.3 is 5.69 Å². The molecule has 25 heavy (non-hydrogen) atoms. The molecule has 0 atom stereocenters. The van der Waals surface area contributed by atoms with E-state index in [1.54, 1.807) is 0 Å². The highest BCUT2D eigenvalue weighted by molar-refractivity contribution is 7.80. The van der Waals surface area contributed by atoms with Gasteiger partial charge < -0.3 is 4.74 Å². The second kappa shape index (κ2) is 8.10. The normalized spacial score (nSPS) is 10.2. The van der Waals surface area contributed by atoms with Gasteiger partial charge in [0.1, 0.15) is 0 Å². The lowest BCUT2D eigenvalue weighted by atomic mass is 10.2. The molecule has 1 heterocycles. The van der Waals surface area contributed by atoms with Gasteiger partial charge in [-0.3, -0.25) is 25.5 Å². The number of amides is 1. The van der Waals surface area contributed by atoms with Gasteiger partial charge in [-0.05, 0) is 41.2 Å². The van der Waals surface area contributed by atoms with Crippen molar-refractivity contribution in [2.45, 2.75) is 19.9 Å². The number of aryl methyl sites for hydroxylation is 1. The number of nitro benzene ring substituents is 1. The van der Waals surface area contributed by atoms with E-state index in [1.807, 2.05) is 6.92 Å². The number of carbonyl (C=O) groups excluding carboxylic acids is 1. The lowest BCUT2D eigenvalue weighted by molar-refractivity contribution is -0.385. The standard InChI is InChI=1S/C13H15N7O4S/c1-3-6-19-12(16-17-18-19)15-13(25)14-11(21)8-4-5-10(24-2)9(7-8)20(22)23/h4-5,7H,3,6H2,1-2H3,(H2,14,15,16,18,21,25). The smallest absolute Gasteiger partial charge is 0.311 e. The number of methoxy groups -OCH3 is 1. The van der Waals surface area contributed by atoms with Crippen molar-refractivity contribution < 1.29 is 14.5 Å². The van der Waals surface area contributed by atoms with E-state index in [9.17, 15) is 14.9 Å². The summed E-state index contributed by atoms with van der Waals surface area (Å²) in [5, 5.41) is 27.2. The number of rotatable bonds is 6. The first kappa shape index (κ1) is 18.2. The molecule has 0 fully saturated rings. The Hall–Kier alpha value is -3.15. The largest absolute Gasteiger partial charge is 0.490 e. The predicted molar refractivity (Wildman–Crippen MR) is 91.4 cm³/mol. The molecule has 1 aromatic heterocycles. The second-order valence-corrected chi connectivity index (χ2v) is 5.19. The number of ether oxygens (including phenoxy) is 1. The van der Waals surface area contributed by atoms with E-state index in [-0.39, 0.29) is 28.1 Å². The summed E-state index contributed by atoms with van der Waals surface area (Å²) in [6.45, 7) is 2.54. The maximum atomic E-state index is 12.2. The van der Waals surface area contributed by atoms with Crippen LogP contribution in [0.5, 0.6) is 5.75 Å². The summed E-state index contributed by atoms with van der Waals surface area (Å²) in [5.74, 6) is -0.272. The van der Waals surface area contributed by atoms with Crippen molar-refractivity contribution in [3.8, 4) is 5.75 Å². The topological polar surface area (TPSA) is 137 Å². The van der Waals surface area contributed by atoms with Crippen LogP contribution in [0.25, 0.3) is 0 Å². The first-order valence-electron chi connectivity index (χ1n) is 7.17. The fourth-order valence-corrected chi connectivity index (χ4v) is 2.12. The van der Waals surface area contributed by atoms with E-state index in [0.717, 1.165) is 12.5 Å². The number of aromatic nitrogens is 4. The van der Waals surface area contributed by atoms with Crippen LogP contribution >= 0.6 is 12.2 Å². The van der Waals surface area contributed by atoms with Crippen molar-refractivity contribution in [2.75, 3.05) is 12.4 Å². The van der Waals surface area contributed by atoms with Crippen molar-refractivity contribution in [1.82, 2.24) is 25.5 Å². The molecule has 2 aromatic rings. The molecule has 0 spiro atoms. The highest BCUT2D eigenvalue weighted by Gasteiger charge is 2.19. The summed E-state index contributed by atoms with van der Waals surface area (Å²) in [7, 11) is 1.31. The van der Waals surface area contributed by atoms with Crippen molar-refractivity contribution in [3.63, 3.8) is 0 Å². The molecule has 2 rings (SSSR count). The van der Waals surface area contributed by atoms with Gasteiger partial charge in [0.15, 0.2) is 10.9 Å². The van der Waals surface area contributed by atoms with Gasteiger partial charge in [-0.25, -0.2) is 4.68 Å². The van der Waals surface area contributed by atoms with Crippen LogP contribution in [0.1, 0.15) is 23.7 Å². The summed E-state index contributed by atoms with van der Waals surface area (Å²) in [6, 6.07) is 3.84. The SMILES string of the molecule is CCCn1nnnc1NC(=S)NC(=O)c1ccc(OC)c([N+](=O)[O-])c1. The molecular weight excluding hydrogens is 350 g/mol. The number of hydrogen-bond acceptors (Lipinski definition) is 8. The van der Waals surface area contributed by atoms with Crippen LogP contribution in [0.3, 0.4) is 0 Å². The van der Waals surface area contributed by atoms with Crippen molar-refractivity contribution in [1.29, 1.82) is 0 Å². The van der Waals surface area contributed by atoms with Crippen LogP contribution in [-0.2, 0) is 6.54 Å². The minimum Gasteiger partial charge on any atom is -0.490 e. The average Bonchev–Trinajstić information content (AvgIpc) is 3.01. The Kier molecular flexibility index (Phi) is 5.89. The Balaban J connectivity index is 2.08. The molecule has 11 nitrogen and oxygen atoms in total. The maximum absolute atomic E-state index is 12.2. The Morgan fingerprint density at radius 3 is 2.88 bits per heavy atom. The third kappa shape index (κ3) is 4.44. The van der Waals surface area contributed by atoms with E-state index in [2.05, 4.69) is 26.2 Å². The number of benzene rings is 1. The van der Waals surface area contributed by atoms with E-state index >= 15 is 0 Å². The Bertz CT molecular complexity index is 807. The fraction of sp³-hybridized carbons (Fsp3) is 0.308. The fourth-order valence-electron chi connectivity index (χ4n) is 1.94. The van der Waals surface area contributed by atoms with Crippen LogP contribution in [0.4, 0.5) is 11.6 Å². The molecule has 1 amide bonds. The van der Waals surface area contributed by atoms with Crippen LogP contribution in [0.2, 0.25) is 0 Å². The Morgan fingerprint density at radius 2 is 2.24 bits per heavy atom. The quantitative estimate of drug-likeness (QED) is 0.438. The average molecular weight is 365 g/mol. The zero-order valence-corrected chi connectivity index (χ0v) is 14.2. The van der Waals surface area contributed by atoms with E-state index < -0.39 is 10.8 Å². The van der Waals surface area contributed by atoms with Gasteiger partial charge in [0, 0.05) is 18.2 Å². The Labute approximate surface area is 147 Å². The summed E-state index contributed by atoms with van der Waals surface area (Å²) in [4.78, 5) is 22.6. The molecular formula is C13H15N7O4S. The van der Waals surface area contributed by atoms with Crippen LogP contribution in [-0.4, -0.2) is 43.3 Å². The number of anilines is 1. The van der Waals surface area contributed by atoms with Gasteiger partial charge in [0.05, 0.1) is 12.0 Å². The number of tetrazole rings is 1. The predicted octanol–water partition coefficient (Wildman–Crippen LogP) is 1.13. The van der Waals surface area contributed by atoms with E-state index in [0.29, 0.717) is 6.54 Å². The van der Waals surface area contributed by atoms with Gasteiger partial charge in [0.2, 0.25) is 5.95 Å². The monoisotopic (exact) mass is 365 g/mol. The molecule has 0 saturated heterocycles. The highest BCUT2D eigenvalue weighted by atomic mass is 32.1. The van der Waals surface area contributed by atoms with Crippen LogP contribution in [0.15, 0.2) is 18.2 Å². The zero-order valence-electron chi connectivity index (χ0n) is 13.4. The molecule has 0 aliphatic heterocycles. The molecule has 12 heteroatoms. The minimum absolute atomic E-state index is 0.0318. The number of thiocarbonyl (C=S) groups is 1. The summed E-state index contributed by atoms with van der Waals surface area (Å²) in [5.41, 5.74) is -0.259. The van der Waals surface area contributed by atoms with Gasteiger partial charge in [0.25, 0.3) is 5.91 Å². The summed E-state index contributed by atoms with van der Waals surface area (Å²) < 4.78 is 6.39. The summed E-state index contributed by atoms with van der Waals surface area (Å²) >= 11 is 5.04. The molecule has 2 N–H and O–H groups in total. The second-order valence-electron chi connectivity index (χ2n) is 4.78.